The highest BCUT2D eigenvalue weighted by Crippen LogP contribution is 2.28. The Balaban J connectivity index is 0.00000364. The number of piperazine rings is 1. The van der Waals surface area contributed by atoms with Crippen molar-refractivity contribution in [1.29, 1.82) is 0 Å². The Bertz CT molecular complexity index is 598. The zero-order valence-corrected chi connectivity index (χ0v) is 20.0. The number of hydrogen-bond donors (Lipinski definition) is 1. The number of nitrogens with one attached hydrogen (secondary N) is 1. The topological polar surface area (TPSA) is 43.3 Å². The molecule has 0 saturated carbocycles. The van der Waals surface area contributed by atoms with Crippen LogP contribution in [0, 0.1) is 5.41 Å². The van der Waals surface area contributed by atoms with E-state index in [4.69, 9.17) is 4.74 Å². The number of ether oxygens (including phenoxy) is 1. The normalized spacial score (nSPS) is 15.6. The number of nitrogens with zero attached hydrogens (tertiary/aromatic N) is 4. The van der Waals surface area contributed by atoms with Crippen molar-refractivity contribution >= 4 is 35.6 Å². The molecule has 1 aromatic carbocycles. The molecule has 7 heteroatoms. The van der Waals surface area contributed by atoms with Crippen LogP contribution in [0.4, 0.5) is 5.69 Å². The summed E-state index contributed by atoms with van der Waals surface area (Å²) in [4.78, 5) is 11.5. The highest BCUT2D eigenvalue weighted by molar-refractivity contribution is 14.0. The summed E-state index contributed by atoms with van der Waals surface area (Å²) in [6.45, 7) is 10.3. The predicted octanol–water partition coefficient (Wildman–Crippen LogP) is 2.60. The third-order valence-electron chi connectivity index (χ3n) is 4.69. The molecule has 6 nitrogen and oxygen atoms in total. The summed E-state index contributed by atoms with van der Waals surface area (Å²) in [5.41, 5.74) is 1.36. The number of methoxy groups -OCH3 is 1. The van der Waals surface area contributed by atoms with Crippen molar-refractivity contribution in [1.82, 2.24) is 15.1 Å². The van der Waals surface area contributed by atoms with Gasteiger partial charge in [-0.2, -0.15) is 0 Å². The summed E-state index contributed by atoms with van der Waals surface area (Å²) in [5, 5.41) is 3.57. The van der Waals surface area contributed by atoms with E-state index in [0.717, 1.165) is 51.0 Å². The third kappa shape index (κ3) is 7.03. The van der Waals surface area contributed by atoms with Crippen LogP contribution in [-0.2, 0) is 0 Å². The Morgan fingerprint density at radius 1 is 1.19 bits per heavy atom. The van der Waals surface area contributed by atoms with Gasteiger partial charge in [-0.3, -0.25) is 4.99 Å². The summed E-state index contributed by atoms with van der Waals surface area (Å²) >= 11 is 0. The molecule has 0 atom stereocenters. The van der Waals surface area contributed by atoms with Crippen molar-refractivity contribution in [2.75, 3.05) is 72.4 Å². The molecule has 0 aromatic heterocycles. The van der Waals surface area contributed by atoms with Gasteiger partial charge in [0, 0.05) is 46.3 Å². The second kappa shape index (κ2) is 10.9. The number of guanidine groups is 1. The largest absolute Gasteiger partial charge is 0.495 e. The molecule has 154 valence electrons. The smallest absolute Gasteiger partial charge is 0.193 e. The lowest BCUT2D eigenvalue weighted by Crippen LogP contribution is -2.54. The fourth-order valence-electron chi connectivity index (χ4n) is 3.61. The Hall–Kier alpha value is -1.22. The van der Waals surface area contributed by atoms with Crippen molar-refractivity contribution in [2.24, 2.45) is 10.4 Å². The van der Waals surface area contributed by atoms with E-state index in [9.17, 15) is 0 Å². The summed E-state index contributed by atoms with van der Waals surface area (Å²) in [5.74, 6) is 1.94. The average molecular weight is 489 g/mol. The zero-order chi connectivity index (χ0) is 19.2. The quantitative estimate of drug-likeness (QED) is 0.378. The fraction of sp³-hybridized carbons (Fsp3) is 0.650. The van der Waals surface area contributed by atoms with Gasteiger partial charge in [0.25, 0.3) is 0 Å². The maximum Gasteiger partial charge on any atom is 0.193 e. The van der Waals surface area contributed by atoms with Crippen molar-refractivity contribution in [2.45, 2.75) is 13.8 Å². The Morgan fingerprint density at radius 3 is 2.37 bits per heavy atom. The van der Waals surface area contributed by atoms with Gasteiger partial charge in [-0.15, -0.1) is 24.0 Å². The molecule has 1 aromatic rings. The van der Waals surface area contributed by atoms with Gasteiger partial charge in [-0.25, -0.2) is 0 Å². The first-order valence-corrected chi connectivity index (χ1v) is 9.34. The molecule has 27 heavy (non-hydrogen) atoms. The molecular weight excluding hydrogens is 453 g/mol. The number of para-hydroxylation sites is 2. The van der Waals surface area contributed by atoms with Crippen molar-refractivity contribution in [3.63, 3.8) is 0 Å². The van der Waals surface area contributed by atoms with E-state index in [1.54, 1.807) is 7.11 Å². The van der Waals surface area contributed by atoms with Gasteiger partial charge in [0.15, 0.2) is 5.96 Å². The second-order valence-electron chi connectivity index (χ2n) is 7.95. The van der Waals surface area contributed by atoms with Gasteiger partial charge < -0.3 is 24.8 Å². The van der Waals surface area contributed by atoms with E-state index in [1.165, 1.54) is 5.69 Å². The van der Waals surface area contributed by atoms with Crippen LogP contribution >= 0.6 is 24.0 Å². The average Bonchev–Trinajstić information content (AvgIpc) is 2.61. The molecule has 0 unspecified atom stereocenters. The molecule has 2 rings (SSSR count). The number of anilines is 1. The minimum atomic E-state index is 0. The lowest BCUT2D eigenvalue weighted by atomic mass is 9.93. The molecule has 0 bridgehead atoms. The minimum absolute atomic E-state index is 0. The molecule has 1 N–H and O–H groups in total. The molecule has 1 aliphatic heterocycles. The van der Waals surface area contributed by atoms with Crippen LogP contribution in [0.15, 0.2) is 29.3 Å². The Kier molecular flexibility index (Phi) is 9.66. The Labute approximate surface area is 182 Å². The third-order valence-corrected chi connectivity index (χ3v) is 4.69. The van der Waals surface area contributed by atoms with Gasteiger partial charge in [0.05, 0.1) is 12.8 Å². The highest BCUT2D eigenvalue weighted by Gasteiger charge is 2.24. The van der Waals surface area contributed by atoms with E-state index < -0.39 is 0 Å². The number of aliphatic imine (C=N–C) groups is 1. The first-order valence-electron chi connectivity index (χ1n) is 9.34. The monoisotopic (exact) mass is 489 g/mol. The SMILES string of the molecule is CN=C(NCC(C)(C)CN(C)C)N1CCN(c2ccccc2OC)CC1.I. The molecule has 1 heterocycles. The van der Waals surface area contributed by atoms with Crippen LogP contribution in [0.25, 0.3) is 0 Å². The number of benzene rings is 1. The maximum absolute atomic E-state index is 5.51. The van der Waals surface area contributed by atoms with Gasteiger partial charge in [-0.1, -0.05) is 26.0 Å². The molecule has 0 radical (unpaired) electrons. The van der Waals surface area contributed by atoms with Gasteiger partial charge >= 0.3 is 0 Å². The van der Waals surface area contributed by atoms with Crippen LogP contribution in [0.2, 0.25) is 0 Å². The van der Waals surface area contributed by atoms with Crippen LogP contribution in [0.1, 0.15) is 13.8 Å². The van der Waals surface area contributed by atoms with Gasteiger partial charge in [0.2, 0.25) is 0 Å². The standard InChI is InChI=1S/C20H35N5O.HI/c1-20(2,16-23(4)5)15-22-19(21-3)25-13-11-24(12-14-25)17-9-7-8-10-18(17)26-6;/h7-10H,11-16H2,1-6H3,(H,21,22);1H. The van der Waals surface area contributed by atoms with Crippen molar-refractivity contribution < 1.29 is 4.74 Å². The summed E-state index contributed by atoms with van der Waals surface area (Å²) in [7, 11) is 7.84. The molecule has 1 aliphatic rings. The summed E-state index contributed by atoms with van der Waals surface area (Å²) in [6, 6.07) is 8.23. The van der Waals surface area contributed by atoms with Crippen molar-refractivity contribution in [3.05, 3.63) is 24.3 Å². The lowest BCUT2D eigenvalue weighted by Gasteiger charge is -2.39. The first-order chi connectivity index (χ1) is 12.4. The van der Waals surface area contributed by atoms with Gasteiger partial charge in [0.1, 0.15) is 5.75 Å². The number of rotatable bonds is 6. The zero-order valence-electron chi connectivity index (χ0n) is 17.7. The van der Waals surface area contributed by atoms with E-state index in [0.29, 0.717) is 0 Å². The van der Waals surface area contributed by atoms with Crippen molar-refractivity contribution in [3.8, 4) is 5.75 Å². The number of hydrogen-bond acceptors (Lipinski definition) is 4. The van der Waals surface area contributed by atoms with Crippen LogP contribution in [-0.4, -0.2) is 83.3 Å². The van der Waals surface area contributed by atoms with E-state index >= 15 is 0 Å². The predicted molar refractivity (Wildman–Crippen MR) is 126 cm³/mol. The van der Waals surface area contributed by atoms with Crippen LogP contribution < -0.4 is 15.0 Å². The minimum Gasteiger partial charge on any atom is -0.495 e. The van der Waals surface area contributed by atoms with Gasteiger partial charge in [-0.05, 0) is 31.6 Å². The summed E-state index contributed by atoms with van der Waals surface area (Å²) < 4.78 is 5.51. The maximum atomic E-state index is 5.51. The molecule has 0 aliphatic carbocycles. The molecular formula is C20H36IN5O. The molecule has 0 spiro atoms. The Morgan fingerprint density at radius 2 is 1.81 bits per heavy atom. The molecule has 1 saturated heterocycles. The van der Waals surface area contributed by atoms with E-state index in [-0.39, 0.29) is 29.4 Å². The lowest BCUT2D eigenvalue weighted by molar-refractivity contribution is 0.238. The number of halogens is 1. The summed E-state index contributed by atoms with van der Waals surface area (Å²) in [6.07, 6.45) is 0. The van der Waals surface area contributed by atoms with Crippen LogP contribution in [0.3, 0.4) is 0 Å². The van der Waals surface area contributed by atoms with Crippen LogP contribution in [0.5, 0.6) is 5.75 Å². The fourth-order valence-corrected chi connectivity index (χ4v) is 3.61. The molecule has 1 fully saturated rings. The second-order valence-corrected chi connectivity index (χ2v) is 7.95. The molecule has 0 amide bonds. The highest BCUT2D eigenvalue weighted by atomic mass is 127. The van der Waals surface area contributed by atoms with E-state index in [2.05, 4.69) is 65.1 Å². The first kappa shape index (κ1) is 23.8. The van der Waals surface area contributed by atoms with E-state index in [1.807, 2.05) is 19.2 Å².